The first-order valence-corrected chi connectivity index (χ1v) is 13.0. The number of amidine groups is 1. The Kier molecular flexibility index (Phi) is 6.14. The number of nitrogens with one attached hydrogen (secondary N) is 2. The highest BCUT2D eigenvalue weighted by molar-refractivity contribution is 7.90. The van der Waals surface area contributed by atoms with Crippen LogP contribution >= 0.6 is 0 Å². The van der Waals surface area contributed by atoms with Crippen LogP contribution in [0, 0.1) is 0 Å². The van der Waals surface area contributed by atoms with Gasteiger partial charge in [0.05, 0.1) is 23.2 Å². The van der Waals surface area contributed by atoms with E-state index < -0.39 is 9.84 Å². The number of aromatic amines is 1. The first-order valence-electron chi connectivity index (χ1n) is 11.1. The number of likely N-dealkylation sites (tertiary alicyclic amines) is 1. The standard InChI is InChI=1S/C22H26N8O3S/c1-34(31,32)18-4-2-3-15(9-18)11-23-22-24-12-17(13-25-22)20-10-21(28-33-20)30-7-5-16(6-8-30)19-14-26-29-27-19/h2-4,9,12-14,16,20H,5-8,10-11H2,1H3,(H,23,24,25)(H,26,27,29). The molecule has 0 radical (unpaired) electrons. The summed E-state index contributed by atoms with van der Waals surface area (Å²) < 4.78 is 23.5. The first-order chi connectivity index (χ1) is 16.5. The van der Waals surface area contributed by atoms with Gasteiger partial charge in [-0.15, -0.1) is 5.10 Å². The van der Waals surface area contributed by atoms with Crippen molar-refractivity contribution in [2.45, 2.75) is 42.7 Å². The highest BCUT2D eigenvalue weighted by Gasteiger charge is 2.30. The van der Waals surface area contributed by atoms with Gasteiger partial charge in [-0.1, -0.05) is 22.5 Å². The summed E-state index contributed by atoms with van der Waals surface area (Å²) in [7, 11) is -3.24. The monoisotopic (exact) mass is 482 g/mol. The molecule has 3 aromatic rings. The third kappa shape index (κ3) is 5.01. The summed E-state index contributed by atoms with van der Waals surface area (Å²) in [5.41, 5.74) is 2.79. The average Bonchev–Trinajstić information content (AvgIpc) is 3.56. The van der Waals surface area contributed by atoms with E-state index in [0.29, 0.717) is 29.7 Å². The van der Waals surface area contributed by atoms with Crippen molar-refractivity contribution in [3.05, 3.63) is 59.7 Å². The Morgan fingerprint density at radius 3 is 2.68 bits per heavy atom. The van der Waals surface area contributed by atoms with E-state index in [0.717, 1.165) is 48.6 Å². The second kappa shape index (κ2) is 9.37. The Balaban J connectivity index is 1.13. The second-order valence-corrected chi connectivity index (χ2v) is 10.6. The van der Waals surface area contributed by atoms with Crippen molar-refractivity contribution < 1.29 is 13.3 Å². The van der Waals surface area contributed by atoms with Crippen molar-refractivity contribution in [3.8, 4) is 0 Å². The largest absolute Gasteiger partial charge is 0.386 e. The van der Waals surface area contributed by atoms with Crippen LogP contribution in [0.25, 0.3) is 0 Å². The van der Waals surface area contributed by atoms with Crippen molar-refractivity contribution in [1.29, 1.82) is 0 Å². The van der Waals surface area contributed by atoms with E-state index in [2.05, 4.69) is 40.8 Å². The van der Waals surface area contributed by atoms with Gasteiger partial charge in [0.2, 0.25) is 5.95 Å². The van der Waals surface area contributed by atoms with Gasteiger partial charge in [-0.25, -0.2) is 18.4 Å². The number of rotatable bonds is 6. The summed E-state index contributed by atoms with van der Waals surface area (Å²) in [5.74, 6) is 1.87. The Morgan fingerprint density at radius 2 is 1.97 bits per heavy atom. The molecular formula is C22H26N8O3S. The van der Waals surface area contributed by atoms with Gasteiger partial charge < -0.3 is 15.1 Å². The molecule has 1 fully saturated rings. The van der Waals surface area contributed by atoms with Gasteiger partial charge >= 0.3 is 0 Å². The molecule has 1 atom stereocenters. The molecule has 178 valence electrons. The Labute approximate surface area is 197 Å². The molecule has 2 aliphatic rings. The number of H-pyrrole nitrogens is 1. The Bertz CT molecular complexity index is 1250. The van der Waals surface area contributed by atoms with E-state index in [4.69, 9.17) is 4.84 Å². The molecule has 1 aromatic carbocycles. The lowest BCUT2D eigenvalue weighted by molar-refractivity contribution is 0.0850. The molecule has 2 aromatic heterocycles. The normalized spacial score (nSPS) is 19.0. The second-order valence-electron chi connectivity index (χ2n) is 8.59. The number of sulfone groups is 1. The van der Waals surface area contributed by atoms with E-state index in [1.807, 2.05) is 6.07 Å². The molecule has 1 unspecified atom stereocenters. The summed E-state index contributed by atoms with van der Waals surface area (Å²) in [6.45, 7) is 2.25. The van der Waals surface area contributed by atoms with Crippen LogP contribution in [0.4, 0.5) is 5.95 Å². The predicted molar refractivity (Wildman–Crippen MR) is 125 cm³/mol. The molecule has 0 spiro atoms. The van der Waals surface area contributed by atoms with Crippen LogP contribution in [-0.4, -0.2) is 63.9 Å². The van der Waals surface area contributed by atoms with E-state index in [1.165, 1.54) is 6.26 Å². The smallest absolute Gasteiger partial charge is 0.222 e. The maximum Gasteiger partial charge on any atom is 0.222 e. The molecule has 5 rings (SSSR count). The van der Waals surface area contributed by atoms with Gasteiger partial charge in [0.1, 0.15) is 5.84 Å². The minimum atomic E-state index is -3.24. The zero-order valence-electron chi connectivity index (χ0n) is 18.8. The lowest BCUT2D eigenvalue weighted by Crippen LogP contribution is -2.37. The molecule has 34 heavy (non-hydrogen) atoms. The number of oxime groups is 1. The summed E-state index contributed by atoms with van der Waals surface area (Å²) in [6.07, 6.45) is 9.00. The lowest BCUT2D eigenvalue weighted by Gasteiger charge is -2.32. The van der Waals surface area contributed by atoms with Gasteiger partial charge in [-0.2, -0.15) is 0 Å². The van der Waals surface area contributed by atoms with Crippen LogP contribution in [0.2, 0.25) is 0 Å². The van der Waals surface area contributed by atoms with Crippen LogP contribution < -0.4 is 5.32 Å². The van der Waals surface area contributed by atoms with Crippen molar-refractivity contribution in [3.63, 3.8) is 0 Å². The SMILES string of the molecule is CS(=O)(=O)c1cccc(CNc2ncc(C3CC(N4CCC(c5cnn[nH]5)CC4)=NO3)cn2)c1. The van der Waals surface area contributed by atoms with E-state index in [9.17, 15) is 8.42 Å². The van der Waals surface area contributed by atoms with Crippen molar-refractivity contribution >= 4 is 21.6 Å². The third-order valence-corrected chi connectivity index (χ3v) is 7.32. The molecule has 0 saturated carbocycles. The maximum atomic E-state index is 11.7. The number of piperidine rings is 1. The van der Waals surface area contributed by atoms with E-state index in [-0.39, 0.29) is 6.10 Å². The molecular weight excluding hydrogens is 456 g/mol. The topological polar surface area (TPSA) is 138 Å². The Hall–Kier alpha value is -3.54. The quantitative estimate of drug-likeness (QED) is 0.542. The summed E-state index contributed by atoms with van der Waals surface area (Å²) >= 11 is 0. The number of benzene rings is 1. The molecule has 12 heteroatoms. The molecule has 0 amide bonds. The van der Waals surface area contributed by atoms with E-state index in [1.54, 1.807) is 36.8 Å². The van der Waals surface area contributed by atoms with Gasteiger partial charge in [-0.3, -0.25) is 5.10 Å². The summed E-state index contributed by atoms with van der Waals surface area (Å²) in [5, 5.41) is 18.1. The van der Waals surface area contributed by atoms with Crippen LogP contribution in [0.15, 0.2) is 52.9 Å². The van der Waals surface area contributed by atoms with Crippen LogP contribution in [0.1, 0.15) is 48.1 Å². The van der Waals surface area contributed by atoms with Crippen LogP contribution in [0.3, 0.4) is 0 Å². The molecule has 11 nitrogen and oxygen atoms in total. The van der Waals surface area contributed by atoms with Gasteiger partial charge in [0, 0.05) is 49.8 Å². The molecule has 0 aliphatic carbocycles. The number of aromatic nitrogens is 5. The lowest BCUT2D eigenvalue weighted by atomic mass is 9.93. The van der Waals surface area contributed by atoms with Crippen molar-refractivity contribution in [2.24, 2.45) is 5.16 Å². The first kappa shape index (κ1) is 22.3. The van der Waals surface area contributed by atoms with Crippen molar-refractivity contribution in [1.82, 2.24) is 30.3 Å². The predicted octanol–water partition coefficient (Wildman–Crippen LogP) is 2.26. The van der Waals surface area contributed by atoms with Gasteiger partial charge in [0.25, 0.3) is 0 Å². The zero-order valence-corrected chi connectivity index (χ0v) is 19.6. The maximum absolute atomic E-state index is 11.7. The fourth-order valence-electron chi connectivity index (χ4n) is 4.24. The fraction of sp³-hybridized carbons (Fsp3) is 0.409. The molecule has 2 aliphatic heterocycles. The Morgan fingerprint density at radius 1 is 1.18 bits per heavy atom. The highest BCUT2D eigenvalue weighted by Crippen LogP contribution is 2.31. The van der Waals surface area contributed by atoms with Crippen molar-refractivity contribution in [2.75, 3.05) is 24.7 Å². The minimum absolute atomic E-state index is 0.204. The summed E-state index contributed by atoms with van der Waals surface area (Å²) in [4.78, 5) is 17.0. The fourth-order valence-corrected chi connectivity index (χ4v) is 4.94. The number of anilines is 1. The molecule has 2 N–H and O–H groups in total. The van der Waals surface area contributed by atoms with Crippen LogP contribution in [0.5, 0.6) is 0 Å². The third-order valence-electron chi connectivity index (χ3n) is 6.21. The molecule has 4 heterocycles. The average molecular weight is 483 g/mol. The van der Waals surface area contributed by atoms with Gasteiger partial charge in [0.15, 0.2) is 15.9 Å². The number of nitrogens with zero attached hydrogens (tertiary/aromatic N) is 6. The minimum Gasteiger partial charge on any atom is -0.386 e. The van der Waals surface area contributed by atoms with Crippen LogP contribution in [-0.2, 0) is 21.2 Å². The number of hydrogen-bond donors (Lipinski definition) is 2. The number of hydrogen-bond acceptors (Lipinski definition) is 10. The van der Waals surface area contributed by atoms with Gasteiger partial charge in [-0.05, 0) is 30.5 Å². The molecule has 0 bridgehead atoms. The summed E-state index contributed by atoms with van der Waals surface area (Å²) in [6, 6.07) is 6.82. The van der Waals surface area contributed by atoms with E-state index >= 15 is 0 Å². The molecule has 1 saturated heterocycles. The zero-order chi connectivity index (χ0) is 23.5. The highest BCUT2D eigenvalue weighted by atomic mass is 32.2.